The highest BCUT2D eigenvalue weighted by Gasteiger charge is 2.14. The number of rotatable bonds is 7. The number of amides is 2. The van der Waals surface area contributed by atoms with E-state index in [9.17, 15) is 9.59 Å². The van der Waals surface area contributed by atoms with E-state index in [0.29, 0.717) is 36.0 Å². The maximum atomic E-state index is 12.3. The van der Waals surface area contributed by atoms with Crippen LogP contribution in [0.2, 0.25) is 0 Å². The fourth-order valence-electron chi connectivity index (χ4n) is 2.97. The third-order valence-electron chi connectivity index (χ3n) is 4.71. The number of nitrogens with one attached hydrogen (secondary N) is 1. The molecule has 0 aliphatic rings. The largest absolute Gasteiger partial charge is 0.416 e. The van der Waals surface area contributed by atoms with Crippen LogP contribution < -0.4 is 5.32 Å². The second-order valence-corrected chi connectivity index (χ2v) is 6.55. The van der Waals surface area contributed by atoms with E-state index < -0.39 is 0 Å². The van der Waals surface area contributed by atoms with Gasteiger partial charge in [-0.05, 0) is 56.7 Å². The van der Waals surface area contributed by atoms with Gasteiger partial charge in [0.2, 0.25) is 17.7 Å². The third kappa shape index (κ3) is 4.68. The lowest BCUT2D eigenvalue weighted by Gasteiger charge is -2.18. The Morgan fingerprint density at radius 3 is 2.28 bits per heavy atom. The first-order chi connectivity index (χ1) is 14.0. The summed E-state index contributed by atoms with van der Waals surface area (Å²) in [6.45, 7) is 7.01. The Kier molecular flexibility index (Phi) is 6.39. The van der Waals surface area contributed by atoms with Gasteiger partial charge in [-0.15, -0.1) is 10.2 Å². The first-order valence-electron chi connectivity index (χ1n) is 9.59. The lowest BCUT2D eigenvalue weighted by atomic mass is 10.1. The molecule has 3 aromatic rings. The molecule has 29 heavy (non-hydrogen) atoms. The molecule has 0 saturated heterocycles. The Morgan fingerprint density at radius 1 is 0.966 bits per heavy atom. The zero-order valence-corrected chi connectivity index (χ0v) is 16.8. The van der Waals surface area contributed by atoms with Crippen molar-refractivity contribution in [2.75, 3.05) is 19.6 Å². The minimum absolute atomic E-state index is 0.0221. The van der Waals surface area contributed by atoms with E-state index in [1.807, 2.05) is 45.0 Å². The molecule has 0 fully saturated rings. The lowest BCUT2D eigenvalue weighted by molar-refractivity contribution is -0.129. The highest BCUT2D eigenvalue weighted by atomic mass is 16.4. The normalized spacial score (nSPS) is 10.6. The molecule has 1 N–H and O–H groups in total. The van der Waals surface area contributed by atoms with Crippen molar-refractivity contribution in [3.63, 3.8) is 0 Å². The van der Waals surface area contributed by atoms with Gasteiger partial charge < -0.3 is 14.6 Å². The smallest absolute Gasteiger partial charge is 0.251 e. The molecular weight excluding hydrogens is 368 g/mol. The Bertz CT molecular complexity index is 991. The van der Waals surface area contributed by atoms with Gasteiger partial charge in [0.25, 0.3) is 5.91 Å². The van der Waals surface area contributed by atoms with E-state index >= 15 is 0 Å². The van der Waals surface area contributed by atoms with Crippen LogP contribution in [-0.4, -0.2) is 46.5 Å². The second kappa shape index (κ2) is 9.14. The minimum atomic E-state index is -0.303. The van der Waals surface area contributed by atoms with Crippen LogP contribution in [0.4, 0.5) is 0 Å². The van der Waals surface area contributed by atoms with E-state index in [2.05, 4.69) is 15.5 Å². The lowest BCUT2D eigenvalue weighted by Crippen LogP contribution is -2.39. The van der Waals surface area contributed by atoms with Gasteiger partial charge in [0.15, 0.2) is 0 Å². The topological polar surface area (TPSA) is 88.3 Å². The predicted molar refractivity (Wildman–Crippen MR) is 110 cm³/mol. The zero-order chi connectivity index (χ0) is 20.8. The predicted octanol–water partition coefficient (Wildman–Crippen LogP) is 3.31. The molecule has 0 aliphatic carbocycles. The molecule has 2 aromatic carbocycles. The van der Waals surface area contributed by atoms with Crippen LogP contribution in [0, 0.1) is 6.92 Å². The highest BCUT2D eigenvalue weighted by molar-refractivity contribution is 5.96. The molecule has 3 rings (SSSR count). The van der Waals surface area contributed by atoms with Crippen LogP contribution in [0.15, 0.2) is 52.9 Å². The van der Waals surface area contributed by atoms with Crippen LogP contribution in [-0.2, 0) is 4.79 Å². The van der Waals surface area contributed by atoms with E-state index in [1.54, 1.807) is 29.2 Å². The number of benzene rings is 2. The SMILES string of the molecule is CCN(CC)C(=O)CNC(=O)c1ccc(-c2nnc(-c3ccccc3C)o2)cc1. The molecule has 0 spiro atoms. The Labute approximate surface area is 169 Å². The molecule has 7 heteroatoms. The fraction of sp³-hybridized carbons (Fsp3) is 0.273. The summed E-state index contributed by atoms with van der Waals surface area (Å²) in [6.07, 6.45) is 0. The molecule has 0 bridgehead atoms. The fourth-order valence-corrected chi connectivity index (χ4v) is 2.97. The average Bonchev–Trinajstić information content (AvgIpc) is 3.23. The Morgan fingerprint density at radius 2 is 1.62 bits per heavy atom. The number of hydrogen-bond acceptors (Lipinski definition) is 5. The molecule has 0 radical (unpaired) electrons. The number of carbonyl (C=O) groups excluding carboxylic acids is 2. The Balaban J connectivity index is 1.67. The van der Waals surface area contributed by atoms with Gasteiger partial charge in [0.1, 0.15) is 0 Å². The molecule has 0 unspecified atom stereocenters. The first-order valence-corrected chi connectivity index (χ1v) is 9.59. The van der Waals surface area contributed by atoms with Crippen molar-refractivity contribution in [2.24, 2.45) is 0 Å². The van der Waals surface area contributed by atoms with Crippen molar-refractivity contribution in [3.05, 3.63) is 59.7 Å². The summed E-state index contributed by atoms with van der Waals surface area (Å²) in [5.41, 5.74) is 3.11. The van der Waals surface area contributed by atoms with Gasteiger partial charge >= 0.3 is 0 Å². The summed E-state index contributed by atoms with van der Waals surface area (Å²) in [5, 5.41) is 10.9. The van der Waals surface area contributed by atoms with Crippen molar-refractivity contribution in [1.82, 2.24) is 20.4 Å². The van der Waals surface area contributed by atoms with E-state index in [0.717, 1.165) is 11.1 Å². The van der Waals surface area contributed by atoms with Crippen molar-refractivity contribution >= 4 is 11.8 Å². The molecule has 2 amide bonds. The molecule has 0 aliphatic heterocycles. The highest BCUT2D eigenvalue weighted by Crippen LogP contribution is 2.26. The van der Waals surface area contributed by atoms with Crippen LogP contribution in [0.1, 0.15) is 29.8 Å². The Hall–Kier alpha value is -3.48. The summed E-state index contributed by atoms with van der Waals surface area (Å²) < 4.78 is 5.79. The van der Waals surface area contributed by atoms with Crippen LogP contribution in [0.3, 0.4) is 0 Å². The van der Waals surface area contributed by atoms with Crippen molar-refractivity contribution < 1.29 is 14.0 Å². The standard InChI is InChI=1S/C22H24N4O3/c1-4-26(5-2)19(27)14-23-20(28)16-10-12-17(13-11-16)21-24-25-22(29-21)18-9-7-6-8-15(18)3/h6-13H,4-5,14H2,1-3H3,(H,23,28). The van der Waals surface area contributed by atoms with Crippen LogP contribution >= 0.6 is 0 Å². The van der Waals surface area contributed by atoms with Gasteiger partial charge in [-0.2, -0.15) is 0 Å². The summed E-state index contributed by atoms with van der Waals surface area (Å²) in [5.74, 6) is 0.430. The summed E-state index contributed by atoms with van der Waals surface area (Å²) in [7, 11) is 0. The van der Waals surface area contributed by atoms with Gasteiger partial charge in [-0.3, -0.25) is 9.59 Å². The molecule has 7 nitrogen and oxygen atoms in total. The summed E-state index contributed by atoms with van der Waals surface area (Å²) in [4.78, 5) is 26.0. The number of likely N-dealkylation sites (N-methyl/N-ethyl adjacent to an activating group) is 1. The molecule has 0 saturated carbocycles. The van der Waals surface area contributed by atoms with Crippen molar-refractivity contribution in [1.29, 1.82) is 0 Å². The molecular formula is C22H24N4O3. The number of aryl methyl sites for hydroxylation is 1. The van der Waals surface area contributed by atoms with Gasteiger partial charge in [-0.25, -0.2) is 0 Å². The average molecular weight is 392 g/mol. The van der Waals surface area contributed by atoms with Gasteiger partial charge in [0.05, 0.1) is 6.54 Å². The third-order valence-corrected chi connectivity index (χ3v) is 4.71. The number of hydrogen-bond donors (Lipinski definition) is 1. The van der Waals surface area contributed by atoms with Crippen LogP contribution in [0.5, 0.6) is 0 Å². The second-order valence-electron chi connectivity index (χ2n) is 6.55. The van der Waals surface area contributed by atoms with E-state index in [1.165, 1.54) is 0 Å². The van der Waals surface area contributed by atoms with Gasteiger partial charge in [-0.1, -0.05) is 18.2 Å². The summed E-state index contributed by atoms with van der Waals surface area (Å²) in [6, 6.07) is 14.6. The number of carbonyl (C=O) groups is 2. The zero-order valence-electron chi connectivity index (χ0n) is 16.8. The maximum absolute atomic E-state index is 12.3. The van der Waals surface area contributed by atoms with E-state index in [4.69, 9.17) is 4.42 Å². The van der Waals surface area contributed by atoms with Crippen molar-refractivity contribution in [3.8, 4) is 22.9 Å². The number of aromatic nitrogens is 2. The van der Waals surface area contributed by atoms with Gasteiger partial charge in [0, 0.05) is 29.8 Å². The quantitative estimate of drug-likeness (QED) is 0.666. The monoisotopic (exact) mass is 392 g/mol. The minimum Gasteiger partial charge on any atom is -0.416 e. The molecule has 150 valence electrons. The van der Waals surface area contributed by atoms with Crippen molar-refractivity contribution in [2.45, 2.75) is 20.8 Å². The molecule has 1 heterocycles. The number of nitrogens with zero attached hydrogens (tertiary/aromatic N) is 3. The first kappa shape index (κ1) is 20.3. The summed E-state index contributed by atoms with van der Waals surface area (Å²) >= 11 is 0. The molecule has 1 aromatic heterocycles. The molecule has 0 atom stereocenters. The van der Waals surface area contributed by atoms with E-state index in [-0.39, 0.29) is 18.4 Å². The maximum Gasteiger partial charge on any atom is 0.251 e. The van der Waals surface area contributed by atoms with Crippen LogP contribution in [0.25, 0.3) is 22.9 Å².